The highest BCUT2D eigenvalue weighted by atomic mass is 35.5. The first-order valence-corrected chi connectivity index (χ1v) is 6.65. The van der Waals surface area contributed by atoms with E-state index >= 15 is 0 Å². The molecular weight excluding hydrogens is 244 g/mol. The minimum absolute atomic E-state index is 0.212. The summed E-state index contributed by atoms with van der Waals surface area (Å²) in [5.74, 6) is 0. The lowest BCUT2D eigenvalue weighted by Gasteiger charge is -2.24. The van der Waals surface area contributed by atoms with Crippen molar-refractivity contribution in [2.45, 2.75) is 33.2 Å². The number of nitrogens with zero attached hydrogens (tertiary/aromatic N) is 1. The number of rotatable bonds is 7. The Bertz CT molecular complexity index is 315. The van der Waals surface area contributed by atoms with Crippen molar-refractivity contribution < 1.29 is 5.11 Å². The zero-order valence-corrected chi connectivity index (χ0v) is 11.4. The zero-order valence-electron chi connectivity index (χ0n) is 9.79. The molecule has 1 heterocycles. The molecule has 0 aliphatic carbocycles. The van der Waals surface area contributed by atoms with E-state index < -0.39 is 0 Å². The van der Waals surface area contributed by atoms with Crippen LogP contribution in [0.1, 0.15) is 31.7 Å². The predicted molar refractivity (Wildman–Crippen MR) is 68.9 cm³/mol. The van der Waals surface area contributed by atoms with Gasteiger partial charge in [0.15, 0.2) is 0 Å². The van der Waals surface area contributed by atoms with E-state index in [4.69, 9.17) is 16.7 Å². The molecule has 3 nitrogen and oxygen atoms in total. The molecule has 0 fully saturated rings. The average Bonchev–Trinajstić information content (AvgIpc) is 2.61. The van der Waals surface area contributed by atoms with Gasteiger partial charge in [-0.25, -0.2) is 4.98 Å². The van der Waals surface area contributed by atoms with E-state index in [0.29, 0.717) is 0 Å². The van der Waals surface area contributed by atoms with Crippen LogP contribution in [0, 0.1) is 5.41 Å². The first-order valence-electron chi connectivity index (χ1n) is 5.45. The molecule has 92 valence electrons. The van der Waals surface area contributed by atoms with Gasteiger partial charge in [-0.1, -0.05) is 25.4 Å². The number of aliphatic hydroxyl groups is 1. The highest BCUT2D eigenvalue weighted by Gasteiger charge is 2.16. The van der Waals surface area contributed by atoms with Crippen LogP contribution in [0.3, 0.4) is 0 Å². The topological polar surface area (TPSA) is 45.1 Å². The fourth-order valence-electron chi connectivity index (χ4n) is 1.52. The summed E-state index contributed by atoms with van der Waals surface area (Å²) >= 11 is 7.31. The summed E-state index contributed by atoms with van der Waals surface area (Å²) in [6, 6.07) is 0. The van der Waals surface area contributed by atoms with E-state index in [1.54, 1.807) is 6.20 Å². The Balaban J connectivity index is 2.24. The van der Waals surface area contributed by atoms with Crippen LogP contribution < -0.4 is 5.32 Å². The molecule has 0 aliphatic rings. The first kappa shape index (κ1) is 13.9. The highest BCUT2D eigenvalue weighted by molar-refractivity contribution is 7.15. The lowest BCUT2D eigenvalue weighted by atomic mass is 9.88. The van der Waals surface area contributed by atoms with Crippen LogP contribution in [0.15, 0.2) is 6.20 Å². The van der Waals surface area contributed by atoms with Gasteiger partial charge in [-0.05, 0) is 18.3 Å². The van der Waals surface area contributed by atoms with Crippen LogP contribution in [0.5, 0.6) is 0 Å². The average molecular weight is 263 g/mol. The normalized spacial score (nSPS) is 12.0. The van der Waals surface area contributed by atoms with Crippen molar-refractivity contribution in [2.75, 3.05) is 13.2 Å². The fraction of sp³-hybridized carbons (Fsp3) is 0.727. The Labute approximate surface area is 106 Å². The lowest BCUT2D eigenvalue weighted by Crippen LogP contribution is -2.29. The van der Waals surface area contributed by atoms with E-state index in [0.717, 1.165) is 35.3 Å². The first-order chi connectivity index (χ1) is 7.53. The van der Waals surface area contributed by atoms with E-state index in [1.165, 1.54) is 11.3 Å². The lowest BCUT2D eigenvalue weighted by molar-refractivity contribution is 0.236. The molecule has 0 saturated heterocycles. The van der Waals surface area contributed by atoms with Crippen LogP contribution in [0.4, 0.5) is 0 Å². The molecule has 1 aromatic rings. The van der Waals surface area contributed by atoms with Gasteiger partial charge in [-0.2, -0.15) is 0 Å². The Morgan fingerprint density at radius 2 is 2.31 bits per heavy atom. The van der Waals surface area contributed by atoms with Crippen LogP contribution in [0.2, 0.25) is 4.34 Å². The van der Waals surface area contributed by atoms with Gasteiger partial charge in [-0.15, -0.1) is 11.3 Å². The van der Waals surface area contributed by atoms with Crippen LogP contribution >= 0.6 is 22.9 Å². The number of thiazole rings is 1. The SMILES string of the molecule is CC(C)(CCCO)CNCc1ncc(Cl)s1. The fourth-order valence-corrected chi connectivity index (χ4v) is 2.45. The van der Waals surface area contributed by atoms with Gasteiger partial charge in [0.1, 0.15) is 9.34 Å². The second-order valence-corrected chi connectivity index (χ2v) is 6.40. The van der Waals surface area contributed by atoms with Crippen LogP contribution in [-0.2, 0) is 6.54 Å². The zero-order chi connectivity index (χ0) is 12.0. The highest BCUT2D eigenvalue weighted by Crippen LogP contribution is 2.22. The van der Waals surface area contributed by atoms with Gasteiger partial charge in [0, 0.05) is 19.7 Å². The van der Waals surface area contributed by atoms with Gasteiger partial charge >= 0.3 is 0 Å². The molecule has 0 saturated carbocycles. The van der Waals surface area contributed by atoms with E-state index in [2.05, 4.69) is 24.1 Å². The Morgan fingerprint density at radius 1 is 1.56 bits per heavy atom. The van der Waals surface area contributed by atoms with E-state index in [9.17, 15) is 0 Å². The van der Waals surface area contributed by atoms with Gasteiger partial charge in [0.05, 0.1) is 6.20 Å². The maximum absolute atomic E-state index is 8.79. The minimum atomic E-state index is 0.212. The van der Waals surface area contributed by atoms with Crippen molar-refractivity contribution >= 4 is 22.9 Å². The van der Waals surface area contributed by atoms with Gasteiger partial charge < -0.3 is 10.4 Å². The summed E-state index contributed by atoms with van der Waals surface area (Å²) < 4.78 is 0.733. The predicted octanol–water partition coefficient (Wildman–Crippen LogP) is 2.68. The molecule has 0 bridgehead atoms. The Hall–Kier alpha value is -0.160. The summed E-state index contributed by atoms with van der Waals surface area (Å²) in [5, 5.41) is 13.2. The molecule has 1 rings (SSSR count). The summed E-state index contributed by atoms with van der Waals surface area (Å²) in [6.45, 7) is 6.35. The van der Waals surface area contributed by atoms with Crippen molar-refractivity contribution in [2.24, 2.45) is 5.41 Å². The van der Waals surface area contributed by atoms with E-state index in [1.807, 2.05) is 0 Å². The molecule has 0 aliphatic heterocycles. The monoisotopic (exact) mass is 262 g/mol. The smallest absolute Gasteiger partial charge is 0.113 e. The minimum Gasteiger partial charge on any atom is -0.396 e. The van der Waals surface area contributed by atoms with E-state index in [-0.39, 0.29) is 12.0 Å². The molecule has 0 radical (unpaired) electrons. The largest absolute Gasteiger partial charge is 0.396 e. The van der Waals surface area contributed by atoms with Crippen molar-refractivity contribution in [3.05, 3.63) is 15.5 Å². The second kappa shape index (κ2) is 6.55. The van der Waals surface area contributed by atoms with Gasteiger partial charge in [-0.3, -0.25) is 0 Å². The van der Waals surface area contributed by atoms with Crippen molar-refractivity contribution in [1.29, 1.82) is 0 Å². The third-order valence-corrected chi connectivity index (χ3v) is 3.53. The molecule has 0 unspecified atom stereocenters. The molecule has 0 amide bonds. The molecule has 0 spiro atoms. The van der Waals surface area contributed by atoms with Crippen molar-refractivity contribution in [3.63, 3.8) is 0 Å². The molecular formula is C11H19ClN2OS. The standard InChI is InChI=1S/C11H19ClN2OS/c1-11(2,4-3-5-15)8-13-7-10-14-6-9(12)16-10/h6,13,15H,3-5,7-8H2,1-2H3. The molecule has 0 atom stereocenters. The summed E-state index contributed by atoms with van der Waals surface area (Å²) in [7, 11) is 0. The number of halogens is 1. The summed E-state index contributed by atoms with van der Waals surface area (Å²) in [4.78, 5) is 4.18. The van der Waals surface area contributed by atoms with Gasteiger partial charge in [0.2, 0.25) is 0 Å². The quantitative estimate of drug-likeness (QED) is 0.794. The third kappa shape index (κ3) is 5.25. The Kier molecular flexibility index (Phi) is 5.69. The third-order valence-electron chi connectivity index (χ3n) is 2.42. The molecule has 5 heteroatoms. The molecule has 0 aromatic carbocycles. The van der Waals surface area contributed by atoms with Crippen LogP contribution in [0.25, 0.3) is 0 Å². The molecule has 16 heavy (non-hydrogen) atoms. The van der Waals surface area contributed by atoms with Crippen molar-refractivity contribution in [1.82, 2.24) is 10.3 Å². The summed E-state index contributed by atoms with van der Waals surface area (Å²) in [5.41, 5.74) is 0.212. The maximum Gasteiger partial charge on any atom is 0.113 e. The number of aliphatic hydroxyl groups excluding tert-OH is 1. The summed E-state index contributed by atoms with van der Waals surface area (Å²) in [6.07, 6.45) is 3.56. The van der Waals surface area contributed by atoms with Gasteiger partial charge in [0.25, 0.3) is 0 Å². The number of hydrogen-bond acceptors (Lipinski definition) is 4. The second-order valence-electron chi connectivity index (χ2n) is 4.65. The van der Waals surface area contributed by atoms with Crippen molar-refractivity contribution in [3.8, 4) is 0 Å². The number of hydrogen-bond donors (Lipinski definition) is 2. The Morgan fingerprint density at radius 3 is 2.88 bits per heavy atom. The number of aromatic nitrogens is 1. The van der Waals surface area contributed by atoms with Crippen LogP contribution in [-0.4, -0.2) is 23.2 Å². The molecule has 2 N–H and O–H groups in total. The molecule has 1 aromatic heterocycles. The maximum atomic E-state index is 8.79. The number of nitrogens with one attached hydrogen (secondary N) is 1.